The topological polar surface area (TPSA) is 70.4 Å². The molecule has 0 saturated carbocycles. The number of hydrogen-bond acceptors (Lipinski definition) is 6. The molecule has 0 aliphatic carbocycles. The van der Waals surface area contributed by atoms with E-state index in [4.69, 9.17) is 11.6 Å². The number of piperazine rings is 1. The molecule has 2 fully saturated rings. The second-order valence-corrected chi connectivity index (χ2v) is 9.67. The fourth-order valence-electron chi connectivity index (χ4n) is 4.94. The van der Waals surface area contributed by atoms with Crippen molar-refractivity contribution in [2.24, 2.45) is 5.92 Å². The predicted octanol–water partition coefficient (Wildman–Crippen LogP) is 3.64. The highest BCUT2D eigenvalue weighted by Crippen LogP contribution is 2.26. The highest BCUT2D eigenvalue weighted by Gasteiger charge is 2.31. The summed E-state index contributed by atoms with van der Waals surface area (Å²) in [5.41, 5.74) is 2.86. The minimum absolute atomic E-state index is 0.0278. The van der Waals surface area contributed by atoms with Crippen LogP contribution in [0.25, 0.3) is 5.82 Å². The van der Waals surface area contributed by atoms with Crippen molar-refractivity contribution in [3.8, 4) is 5.82 Å². The average molecular weight is 498 g/mol. The summed E-state index contributed by atoms with van der Waals surface area (Å²) in [6.07, 6.45) is 1.60. The average Bonchev–Trinajstić information content (AvgIpc) is 3.23. The maximum atomic E-state index is 13.5. The molecule has 0 N–H and O–H groups in total. The van der Waals surface area contributed by atoms with E-state index >= 15 is 0 Å². The molecule has 2 aliphatic heterocycles. The number of amides is 1. The number of aromatic nitrogens is 4. The van der Waals surface area contributed by atoms with Gasteiger partial charge in [-0.3, -0.25) is 4.79 Å². The van der Waals surface area contributed by atoms with Crippen LogP contribution in [0.3, 0.4) is 0 Å². The van der Waals surface area contributed by atoms with Crippen LogP contribution in [-0.4, -0.2) is 70.1 Å². The molecule has 2 aliphatic rings. The first kappa shape index (κ1) is 23.5. The molecule has 10 heteroatoms. The van der Waals surface area contributed by atoms with E-state index in [1.165, 1.54) is 6.07 Å². The first-order chi connectivity index (χ1) is 16.9. The summed E-state index contributed by atoms with van der Waals surface area (Å²) in [5, 5.41) is 13.4. The fourth-order valence-corrected chi connectivity index (χ4v) is 5.12. The predicted molar refractivity (Wildman–Crippen MR) is 134 cm³/mol. The van der Waals surface area contributed by atoms with Crippen molar-refractivity contribution >= 4 is 29.0 Å². The summed E-state index contributed by atoms with van der Waals surface area (Å²) >= 11 is 5.93. The Bertz CT molecular complexity index is 1200. The maximum absolute atomic E-state index is 13.5. The Morgan fingerprint density at radius 3 is 2.20 bits per heavy atom. The minimum Gasteiger partial charge on any atom is -0.368 e. The van der Waals surface area contributed by atoms with Crippen LogP contribution in [0.15, 0.2) is 36.4 Å². The molecular formula is C25H29ClFN7O. The van der Waals surface area contributed by atoms with Gasteiger partial charge in [0.25, 0.3) is 0 Å². The third kappa shape index (κ3) is 4.96. The van der Waals surface area contributed by atoms with E-state index in [2.05, 4.69) is 25.1 Å². The van der Waals surface area contributed by atoms with Crippen LogP contribution in [0.2, 0.25) is 5.02 Å². The van der Waals surface area contributed by atoms with Gasteiger partial charge in [0.05, 0.1) is 10.7 Å². The Kier molecular flexibility index (Phi) is 6.60. The first-order valence-electron chi connectivity index (χ1n) is 12.0. The summed E-state index contributed by atoms with van der Waals surface area (Å²) in [5.74, 6) is 1.37. The molecule has 35 heavy (non-hydrogen) atoms. The van der Waals surface area contributed by atoms with Crippen molar-refractivity contribution in [3.05, 3.63) is 58.6 Å². The van der Waals surface area contributed by atoms with Crippen LogP contribution in [0.4, 0.5) is 15.9 Å². The third-order valence-electron chi connectivity index (χ3n) is 6.89. The van der Waals surface area contributed by atoms with E-state index in [1.807, 2.05) is 36.9 Å². The van der Waals surface area contributed by atoms with Gasteiger partial charge < -0.3 is 14.7 Å². The van der Waals surface area contributed by atoms with Crippen LogP contribution in [-0.2, 0) is 4.79 Å². The Hall–Kier alpha value is -3.20. The van der Waals surface area contributed by atoms with Crippen molar-refractivity contribution in [3.63, 3.8) is 0 Å². The molecule has 1 aromatic carbocycles. The van der Waals surface area contributed by atoms with Gasteiger partial charge in [-0.25, -0.2) is 9.07 Å². The number of hydrogen-bond donors (Lipinski definition) is 0. The fraction of sp³-hybridized carbons (Fsp3) is 0.440. The van der Waals surface area contributed by atoms with Gasteiger partial charge in [0, 0.05) is 56.6 Å². The van der Waals surface area contributed by atoms with Crippen molar-refractivity contribution in [1.82, 2.24) is 24.9 Å². The van der Waals surface area contributed by atoms with Crippen LogP contribution >= 0.6 is 11.6 Å². The minimum atomic E-state index is -0.416. The van der Waals surface area contributed by atoms with Gasteiger partial charge in [-0.05, 0) is 63.1 Å². The summed E-state index contributed by atoms with van der Waals surface area (Å²) in [6.45, 7) is 8.25. The number of piperidine rings is 1. The van der Waals surface area contributed by atoms with Crippen LogP contribution in [0.5, 0.6) is 0 Å². The molecule has 0 spiro atoms. The molecule has 2 aromatic heterocycles. The van der Waals surface area contributed by atoms with Crippen LogP contribution < -0.4 is 9.80 Å². The monoisotopic (exact) mass is 497 g/mol. The number of nitrogens with zero attached hydrogens (tertiary/aromatic N) is 7. The lowest BCUT2D eigenvalue weighted by Gasteiger charge is -2.39. The number of carbonyl (C=O) groups is 1. The molecular weight excluding hydrogens is 469 g/mol. The van der Waals surface area contributed by atoms with E-state index in [9.17, 15) is 9.18 Å². The Balaban J connectivity index is 1.13. The third-order valence-corrected chi connectivity index (χ3v) is 7.18. The molecule has 8 nitrogen and oxygen atoms in total. The van der Waals surface area contributed by atoms with Crippen molar-refractivity contribution in [1.29, 1.82) is 0 Å². The largest absolute Gasteiger partial charge is 0.368 e. The molecule has 1 amide bonds. The molecule has 0 bridgehead atoms. The van der Waals surface area contributed by atoms with Gasteiger partial charge in [-0.1, -0.05) is 11.6 Å². The number of benzene rings is 1. The van der Waals surface area contributed by atoms with Gasteiger partial charge in [0.2, 0.25) is 5.91 Å². The highest BCUT2D eigenvalue weighted by atomic mass is 35.5. The van der Waals surface area contributed by atoms with E-state index < -0.39 is 5.82 Å². The molecule has 4 heterocycles. The molecule has 0 radical (unpaired) electrons. The quantitative estimate of drug-likeness (QED) is 0.548. The Morgan fingerprint density at radius 1 is 0.914 bits per heavy atom. The number of aryl methyl sites for hydroxylation is 2. The van der Waals surface area contributed by atoms with E-state index in [0.717, 1.165) is 48.8 Å². The number of carbonyl (C=O) groups excluding carboxylic acids is 1. The van der Waals surface area contributed by atoms with Crippen LogP contribution in [0, 0.1) is 25.6 Å². The van der Waals surface area contributed by atoms with Crippen molar-refractivity contribution < 1.29 is 9.18 Å². The zero-order valence-electron chi connectivity index (χ0n) is 20.0. The number of rotatable bonds is 4. The SMILES string of the molecule is Cc1cc(C)n(-c2ccc(N3CCC(C(=O)N4CCN(c5ccc(F)c(Cl)c5)CC4)CC3)nn2)n1. The molecule has 0 unspecified atom stereocenters. The van der Waals surface area contributed by atoms with Crippen LogP contribution in [0.1, 0.15) is 24.2 Å². The summed E-state index contributed by atoms with van der Waals surface area (Å²) in [7, 11) is 0. The standard InChI is InChI=1S/C25H29ClFN7O/c1-17-15-18(2)34(30-17)24-6-5-23(28-29-24)32-9-7-19(8-10-32)25(35)33-13-11-31(12-14-33)20-3-4-22(27)21(26)16-20/h3-6,15-16,19H,7-14H2,1-2H3. The van der Waals surface area contributed by atoms with E-state index in [0.29, 0.717) is 32.0 Å². The summed E-state index contributed by atoms with van der Waals surface area (Å²) < 4.78 is 15.3. The van der Waals surface area contributed by atoms with E-state index in [1.54, 1.807) is 16.8 Å². The first-order valence-corrected chi connectivity index (χ1v) is 12.4. The molecule has 3 aromatic rings. The molecule has 5 rings (SSSR count). The number of halogens is 2. The molecule has 0 atom stereocenters. The van der Waals surface area contributed by atoms with Gasteiger partial charge in [0.15, 0.2) is 11.6 Å². The zero-order valence-corrected chi connectivity index (χ0v) is 20.7. The second-order valence-electron chi connectivity index (χ2n) is 9.26. The normalized spacial score (nSPS) is 17.2. The number of anilines is 2. The molecule has 184 valence electrons. The van der Waals surface area contributed by atoms with Gasteiger partial charge >= 0.3 is 0 Å². The summed E-state index contributed by atoms with van der Waals surface area (Å²) in [4.78, 5) is 19.5. The van der Waals surface area contributed by atoms with E-state index in [-0.39, 0.29) is 16.8 Å². The lowest BCUT2D eigenvalue weighted by molar-refractivity contribution is -0.136. The van der Waals surface area contributed by atoms with Gasteiger partial charge in [0.1, 0.15) is 5.82 Å². The van der Waals surface area contributed by atoms with Gasteiger partial charge in [-0.2, -0.15) is 5.10 Å². The Labute approximate surface area is 209 Å². The lowest BCUT2D eigenvalue weighted by atomic mass is 9.95. The maximum Gasteiger partial charge on any atom is 0.225 e. The molecule has 2 saturated heterocycles. The Morgan fingerprint density at radius 2 is 1.60 bits per heavy atom. The van der Waals surface area contributed by atoms with Crippen molar-refractivity contribution in [2.75, 3.05) is 49.1 Å². The summed E-state index contributed by atoms with van der Waals surface area (Å²) in [6, 6.07) is 10.7. The smallest absolute Gasteiger partial charge is 0.225 e. The second kappa shape index (κ2) is 9.81. The zero-order chi connectivity index (χ0) is 24.5. The lowest BCUT2D eigenvalue weighted by Crippen LogP contribution is -2.51. The van der Waals surface area contributed by atoms with Crippen molar-refractivity contribution in [2.45, 2.75) is 26.7 Å². The van der Waals surface area contributed by atoms with Gasteiger partial charge in [-0.15, -0.1) is 10.2 Å². The highest BCUT2D eigenvalue weighted by molar-refractivity contribution is 6.31.